The third-order valence-corrected chi connectivity index (χ3v) is 3.58. The topological polar surface area (TPSA) is 53.3 Å². The lowest BCUT2D eigenvalue weighted by Crippen LogP contribution is -2.25. The van der Waals surface area contributed by atoms with Gasteiger partial charge in [0.2, 0.25) is 0 Å². The van der Waals surface area contributed by atoms with Crippen molar-refractivity contribution in [3.8, 4) is 0 Å². The third kappa shape index (κ3) is 3.98. The first kappa shape index (κ1) is 15.4. The number of aliphatic hydroxyl groups is 1. The van der Waals surface area contributed by atoms with Crippen LogP contribution >= 0.6 is 0 Å². The van der Waals surface area contributed by atoms with E-state index in [0.717, 1.165) is 30.2 Å². The SMILES string of the molecule is CCN(CCO)c1ccc(NCc2cn(C)nc2C)cc1. The molecule has 5 heteroatoms. The Kier molecular flexibility index (Phi) is 5.22. The van der Waals surface area contributed by atoms with Gasteiger partial charge < -0.3 is 15.3 Å². The minimum Gasteiger partial charge on any atom is -0.395 e. The molecule has 1 aromatic carbocycles. The fourth-order valence-corrected chi connectivity index (χ4v) is 2.40. The van der Waals surface area contributed by atoms with E-state index in [-0.39, 0.29) is 6.61 Å². The highest BCUT2D eigenvalue weighted by molar-refractivity contribution is 5.55. The molecule has 0 amide bonds. The predicted molar refractivity (Wildman–Crippen MR) is 86.7 cm³/mol. The van der Waals surface area contributed by atoms with E-state index in [1.807, 2.05) is 24.9 Å². The molecule has 0 atom stereocenters. The molecule has 114 valence electrons. The summed E-state index contributed by atoms with van der Waals surface area (Å²) in [4.78, 5) is 2.15. The minimum absolute atomic E-state index is 0.175. The Hall–Kier alpha value is -2.01. The number of aliphatic hydroxyl groups excluding tert-OH is 1. The zero-order chi connectivity index (χ0) is 15.2. The number of hydrogen-bond acceptors (Lipinski definition) is 4. The van der Waals surface area contributed by atoms with Gasteiger partial charge in [0.05, 0.1) is 12.3 Å². The van der Waals surface area contributed by atoms with Gasteiger partial charge in [-0.25, -0.2) is 0 Å². The average Bonchev–Trinajstić information content (AvgIpc) is 2.81. The summed E-state index contributed by atoms with van der Waals surface area (Å²) >= 11 is 0. The van der Waals surface area contributed by atoms with Crippen molar-refractivity contribution >= 4 is 11.4 Å². The summed E-state index contributed by atoms with van der Waals surface area (Å²) in [5.41, 5.74) is 4.48. The lowest BCUT2D eigenvalue weighted by Gasteiger charge is -2.22. The van der Waals surface area contributed by atoms with Crippen LogP contribution in [0.25, 0.3) is 0 Å². The molecule has 0 saturated heterocycles. The molecule has 0 unspecified atom stereocenters. The van der Waals surface area contributed by atoms with E-state index < -0.39 is 0 Å². The lowest BCUT2D eigenvalue weighted by molar-refractivity contribution is 0.302. The monoisotopic (exact) mass is 288 g/mol. The highest BCUT2D eigenvalue weighted by atomic mass is 16.3. The minimum atomic E-state index is 0.175. The fourth-order valence-electron chi connectivity index (χ4n) is 2.40. The van der Waals surface area contributed by atoms with Crippen molar-refractivity contribution in [3.05, 3.63) is 41.7 Å². The predicted octanol–water partition coefficient (Wildman–Crippen LogP) is 2.16. The summed E-state index contributed by atoms with van der Waals surface area (Å²) < 4.78 is 1.84. The van der Waals surface area contributed by atoms with E-state index in [9.17, 15) is 0 Å². The lowest BCUT2D eigenvalue weighted by atomic mass is 10.2. The van der Waals surface area contributed by atoms with Gasteiger partial charge in [-0.3, -0.25) is 4.68 Å². The summed E-state index contributed by atoms with van der Waals surface area (Å²) in [6, 6.07) is 8.30. The quantitative estimate of drug-likeness (QED) is 0.820. The second-order valence-electron chi connectivity index (χ2n) is 5.12. The van der Waals surface area contributed by atoms with E-state index in [1.54, 1.807) is 0 Å². The van der Waals surface area contributed by atoms with Crippen LogP contribution in [0.4, 0.5) is 11.4 Å². The molecule has 0 fully saturated rings. The molecule has 0 spiro atoms. The number of aryl methyl sites for hydroxylation is 2. The maximum atomic E-state index is 9.06. The van der Waals surface area contributed by atoms with Crippen LogP contribution in [0.3, 0.4) is 0 Å². The van der Waals surface area contributed by atoms with Crippen LogP contribution in [0.1, 0.15) is 18.2 Å². The van der Waals surface area contributed by atoms with Gasteiger partial charge >= 0.3 is 0 Å². The van der Waals surface area contributed by atoms with Crippen molar-refractivity contribution in [1.82, 2.24) is 9.78 Å². The molecule has 0 radical (unpaired) electrons. The highest BCUT2D eigenvalue weighted by Gasteiger charge is 2.05. The van der Waals surface area contributed by atoms with Crippen LogP contribution in [-0.2, 0) is 13.6 Å². The first-order valence-electron chi connectivity index (χ1n) is 7.33. The zero-order valence-corrected chi connectivity index (χ0v) is 13.0. The van der Waals surface area contributed by atoms with Crippen molar-refractivity contribution in [2.45, 2.75) is 20.4 Å². The molecule has 5 nitrogen and oxygen atoms in total. The van der Waals surface area contributed by atoms with Crippen molar-refractivity contribution in [3.63, 3.8) is 0 Å². The first-order valence-corrected chi connectivity index (χ1v) is 7.33. The second kappa shape index (κ2) is 7.13. The first-order chi connectivity index (χ1) is 10.1. The number of likely N-dealkylation sites (N-methyl/N-ethyl adjacent to an activating group) is 1. The molecule has 0 aliphatic carbocycles. The Morgan fingerprint density at radius 3 is 2.52 bits per heavy atom. The molecule has 2 rings (SSSR count). The van der Waals surface area contributed by atoms with Gasteiger partial charge in [0.1, 0.15) is 0 Å². The van der Waals surface area contributed by atoms with E-state index in [1.165, 1.54) is 5.56 Å². The van der Waals surface area contributed by atoms with Crippen LogP contribution in [0.2, 0.25) is 0 Å². The van der Waals surface area contributed by atoms with Gasteiger partial charge in [0, 0.05) is 49.8 Å². The van der Waals surface area contributed by atoms with Crippen LogP contribution in [-0.4, -0.2) is 34.6 Å². The molecule has 2 aromatic rings. The number of hydrogen-bond donors (Lipinski definition) is 2. The van der Waals surface area contributed by atoms with Crippen LogP contribution in [0.5, 0.6) is 0 Å². The Labute approximate surface area is 126 Å². The Balaban J connectivity index is 1.97. The number of anilines is 2. The largest absolute Gasteiger partial charge is 0.395 e. The second-order valence-corrected chi connectivity index (χ2v) is 5.12. The zero-order valence-electron chi connectivity index (χ0n) is 13.0. The maximum Gasteiger partial charge on any atom is 0.0643 e. The summed E-state index contributed by atoms with van der Waals surface area (Å²) in [5.74, 6) is 0. The average molecular weight is 288 g/mol. The normalized spacial score (nSPS) is 10.7. The Morgan fingerprint density at radius 2 is 2.00 bits per heavy atom. The molecule has 0 saturated carbocycles. The van der Waals surface area contributed by atoms with Gasteiger partial charge in [-0.1, -0.05) is 0 Å². The molecule has 0 bridgehead atoms. The van der Waals surface area contributed by atoms with Crippen molar-refractivity contribution < 1.29 is 5.11 Å². The number of rotatable bonds is 7. The molecule has 21 heavy (non-hydrogen) atoms. The molecular formula is C16H24N4O. The standard InChI is InChI=1S/C16H24N4O/c1-4-20(9-10-21)16-7-5-15(6-8-16)17-11-14-12-19(3)18-13(14)2/h5-8,12,17,21H,4,9-11H2,1-3H3. The highest BCUT2D eigenvalue weighted by Crippen LogP contribution is 2.18. The Bertz CT molecular complexity index is 562. The number of nitrogens with zero attached hydrogens (tertiary/aromatic N) is 3. The van der Waals surface area contributed by atoms with E-state index in [4.69, 9.17) is 5.11 Å². The molecule has 0 aliphatic rings. The smallest absolute Gasteiger partial charge is 0.0643 e. The summed E-state index contributed by atoms with van der Waals surface area (Å²) in [6.07, 6.45) is 2.04. The van der Waals surface area contributed by atoms with Crippen LogP contribution in [0.15, 0.2) is 30.5 Å². The number of aromatic nitrogens is 2. The van der Waals surface area contributed by atoms with Crippen molar-refractivity contribution in [1.29, 1.82) is 0 Å². The molecule has 0 aliphatic heterocycles. The molecular weight excluding hydrogens is 264 g/mol. The number of nitrogens with one attached hydrogen (secondary N) is 1. The summed E-state index contributed by atoms with van der Waals surface area (Å²) in [7, 11) is 1.94. The molecule has 2 N–H and O–H groups in total. The van der Waals surface area contributed by atoms with Crippen LogP contribution < -0.4 is 10.2 Å². The molecule has 1 heterocycles. The van der Waals surface area contributed by atoms with Crippen molar-refractivity contribution in [2.75, 3.05) is 29.9 Å². The molecule has 1 aromatic heterocycles. The van der Waals surface area contributed by atoms with E-state index in [2.05, 4.69) is 46.5 Å². The third-order valence-electron chi connectivity index (χ3n) is 3.58. The van der Waals surface area contributed by atoms with Crippen molar-refractivity contribution in [2.24, 2.45) is 7.05 Å². The van der Waals surface area contributed by atoms with Gasteiger partial charge in [0.15, 0.2) is 0 Å². The number of benzene rings is 1. The van der Waals surface area contributed by atoms with E-state index >= 15 is 0 Å². The van der Waals surface area contributed by atoms with Gasteiger partial charge in [0.25, 0.3) is 0 Å². The van der Waals surface area contributed by atoms with Gasteiger partial charge in [-0.05, 0) is 38.1 Å². The van der Waals surface area contributed by atoms with Gasteiger partial charge in [-0.15, -0.1) is 0 Å². The summed E-state index contributed by atoms with van der Waals surface area (Å²) in [5, 5.41) is 16.8. The van der Waals surface area contributed by atoms with E-state index in [0.29, 0.717) is 6.54 Å². The summed E-state index contributed by atoms with van der Waals surface area (Å²) in [6.45, 7) is 6.61. The maximum absolute atomic E-state index is 9.06. The van der Waals surface area contributed by atoms with Gasteiger partial charge in [-0.2, -0.15) is 5.10 Å². The van der Waals surface area contributed by atoms with Crippen LogP contribution in [0, 0.1) is 6.92 Å². The Morgan fingerprint density at radius 1 is 1.29 bits per heavy atom. The fraction of sp³-hybridized carbons (Fsp3) is 0.438.